The van der Waals surface area contributed by atoms with Gasteiger partial charge in [0.15, 0.2) is 0 Å². The zero-order valence-electron chi connectivity index (χ0n) is 19.9. The minimum absolute atomic E-state index is 0.0457. The van der Waals surface area contributed by atoms with Gasteiger partial charge >= 0.3 is 0 Å². The predicted octanol–water partition coefficient (Wildman–Crippen LogP) is 4.93. The van der Waals surface area contributed by atoms with Crippen LogP contribution in [0, 0.1) is 11.7 Å². The Kier molecular flexibility index (Phi) is 9.14. The predicted molar refractivity (Wildman–Crippen MR) is 134 cm³/mol. The second-order valence-electron chi connectivity index (χ2n) is 9.05. The van der Waals surface area contributed by atoms with Crippen LogP contribution in [0.25, 0.3) is 0 Å². The summed E-state index contributed by atoms with van der Waals surface area (Å²) in [5.41, 5.74) is 0.992. The fourth-order valence-electron chi connectivity index (χ4n) is 4.22. The molecule has 0 saturated carbocycles. The number of carbonyl (C=O) groups excluding carboxylic acids is 2. The van der Waals surface area contributed by atoms with Gasteiger partial charge in [0.1, 0.15) is 16.8 Å². The first kappa shape index (κ1) is 26.2. The quantitative estimate of drug-likeness (QED) is 0.474. The summed E-state index contributed by atoms with van der Waals surface area (Å²) in [7, 11) is 5.16. The van der Waals surface area contributed by atoms with Crippen LogP contribution in [-0.4, -0.2) is 67.4 Å². The maximum Gasteiger partial charge on any atom is 0.256 e. The molecule has 34 heavy (non-hydrogen) atoms. The van der Waals surface area contributed by atoms with Crippen LogP contribution in [0.1, 0.15) is 41.6 Å². The molecule has 0 radical (unpaired) electrons. The number of aromatic nitrogens is 1. The van der Waals surface area contributed by atoms with E-state index in [9.17, 15) is 14.0 Å². The van der Waals surface area contributed by atoms with E-state index in [1.54, 1.807) is 38.2 Å². The van der Waals surface area contributed by atoms with E-state index < -0.39 is 5.82 Å². The molecule has 0 aliphatic carbocycles. The zero-order chi connectivity index (χ0) is 24.8. The number of halogens is 3. The van der Waals surface area contributed by atoms with Crippen LogP contribution in [0.4, 0.5) is 10.2 Å². The van der Waals surface area contributed by atoms with E-state index in [1.807, 2.05) is 6.07 Å². The van der Waals surface area contributed by atoms with Gasteiger partial charge in [-0.2, -0.15) is 0 Å². The summed E-state index contributed by atoms with van der Waals surface area (Å²) in [6.45, 7) is 2.43. The number of carbonyl (C=O) groups is 2. The second-order valence-corrected chi connectivity index (χ2v) is 9.84. The minimum atomic E-state index is -0.431. The Labute approximate surface area is 210 Å². The molecule has 6 nitrogen and oxygen atoms in total. The van der Waals surface area contributed by atoms with Crippen molar-refractivity contribution in [1.29, 1.82) is 0 Å². The number of nitrogens with zero attached hydrogens (tertiary/aromatic N) is 4. The number of amides is 2. The molecule has 1 aromatic heterocycles. The molecule has 0 unspecified atom stereocenters. The van der Waals surface area contributed by atoms with Crippen LogP contribution in [0.3, 0.4) is 0 Å². The van der Waals surface area contributed by atoms with Crippen molar-refractivity contribution in [2.75, 3.05) is 45.7 Å². The van der Waals surface area contributed by atoms with Gasteiger partial charge in [-0.3, -0.25) is 9.59 Å². The highest BCUT2D eigenvalue weighted by molar-refractivity contribution is 6.32. The van der Waals surface area contributed by atoms with E-state index in [0.717, 1.165) is 44.6 Å². The van der Waals surface area contributed by atoms with E-state index in [1.165, 1.54) is 17.0 Å². The van der Waals surface area contributed by atoms with Crippen LogP contribution in [0.5, 0.6) is 0 Å². The smallest absolute Gasteiger partial charge is 0.256 e. The van der Waals surface area contributed by atoms with Crippen LogP contribution in [-0.2, 0) is 11.2 Å². The molecule has 1 fully saturated rings. The monoisotopic (exact) mass is 508 g/mol. The lowest BCUT2D eigenvalue weighted by Crippen LogP contribution is -2.35. The lowest BCUT2D eigenvalue weighted by atomic mass is 9.92. The summed E-state index contributed by atoms with van der Waals surface area (Å²) in [5, 5.41) is 0.527. The van der Waals surface area contributed by atoms with Crippen LogP contribution < -0.4 is 4.90 Å². The number of pyridine rings is 1. The van der Waals surface area contributed by atoms with Crippen molar-refractivity contribution in [3.05, 3.63) is 57.5 Å². The van der Waals surface area contributed by atoms with Crippen LogP contribution >= 0.6 is 23.2 Å². The number of piperidine rings is 1. The summed E-state index contributed by atoms with van der Waals surface area (Å²) in [4.78, 5) is 34.4. The zero-order valence-corrected chi connectivity index (χ0v) is 21.4. The number of rotatable bonds is 8. The molecule has 9 heteroatoms. The Morgan fingerprint density at radius 1 is 1.12 bits per heavy atom. The number of hydrogen-bond acceptors (Lipinski definition) is 4. The number of anilines is 1. The van der Waals surface area contributed by atoms with Gasteiger partial charge in [0.2, 0.25) is 5.91 Å². The van der Waals surface area contributed by atoms with Crippen molar-refractivity contribution in [3.63, 3.8) is 0 Å². The summed E-state index contributed by atoms with van der Waals surface area (Å²) < 4.78 is 13.5. The third kappa shape index (κ3) is 7.06. The molecule has 1 saturated heterocycles. The largest absolute Gasteiger partial charge is 0.357 e. The van der Waals surface area contributed by atoms with Crippen molar-refractivity contribution in [1.82, 2.24) is 14.8 Å². The van der Waals surface area contributed by atoms with Crippen molar-refractivity contribution in [3.8, 4) is 0 Å². The number of hydrogen-bond donors (Lipinski definition) is 0. The lowest BCUT2D eigenvalue weighted by molar-refractivity contribution is -0.129. The van der Waals surface area contributed by atoms with Gasteiger partial charge < -0.3 is 14.7 Å². The van der Waals surface area contributed by atoms with Gasteiger partial charge in [0, 0.05) is 45.8 Å². The molecule has 0 bridgehead atoms. The SMILES string of the molecule is CN(C)C(=O)c1ccc(N2CCC(CCCN(C)C(=O)Cc3cc(F)cc(Cl)c3)CC2)nc1Cl. The fraction of sp³-hybridized carbons (Fsp3) is 0.480. The average molecular weight is 509 g/mol. The summed E-state index contributed by atoms with van der Waals surface area (Å²) in [6.07, 6.45) is 4.18. The van der Waals surface area contributed by atoms with E-state index in [-0.39, 0.29) is 23.4 Å². The molecular weight excluding hydrogens is 478 g/mol. The van der Waals surface area contributed by atoms with Crippen LogP contribution in [0.15, 0.2) is 30.3 Å². The van der Waals surface area contributed by atoms with Gasteiger partial charge in [0.05, 0.1) is 12.0 Å². The highest BCUT2D eigenvalue weighted by atomic mass is 35.5. The highest BCUT2D eigenvalue weighted by Gasteiger charge is 2.22. The third-order valence-electron chi connectivity index (χ3n) is 6.22. The van der Waals surface area contributed by atoms with Gasteiger partial charge in [0.25, 0.3) is 5.91 Å². The molecule has 0 spiro atoms. The Hall–Kier alpha value is -2.38. The standard InChI is InChI=1S/C25H31Cl2FN4O2/c1-30(2)25(34)21-6-7-22(29-24(21)27)32-11-8-17(9-12-32)5-4-10-31(3)23(33)15-18-13-19(26)16-20(28)14-18/h6-7,13-14,16-17H,4-5,8-12,15H2,1-3H3. The molecule has 184 valence electrons. The molecule has 2 amide bonds. The Morgan fingerprint density at radius 3 is 2.44 bits per heavy atom. The van der Waals surface area contributed by atoms with Gasteiger partial charge in [-0.25, -0.2) is 9.37 Å². The highest BCUT2D eigenvalue weighted by Crippen LogP contribution is 2.27. The third-order valence-corrected chi connectivity index (χ3v) is 6.72. The minimum Gasteiger partial charge on any atom is -0.357 e. The molecule has 1 aliphatic heterocycles. The lowest BCUT2D eigenvalue weighted by Gasteiger charge is -2.33. The summed E-state index contributed by atoms with van der Waals surface area (Å²) >= 11 is 12.1. The fourth-order valence-corrected chi connectivity index (χ4v) is 4.69. The van der Waals surface area contributed by atoms with E-state index in [4.69, 9.17) is 23.2 Å². The maximum atomic E-state index is 13.5. The second kappa shape index (κ2) is 11.8. The Bertz CT molecular complexity index is 1010. The normalized spacial score (nSPS) is 14.2. The van der Waals surface area contributed by atoms with Crippen molar-refractivity contribution in [2.24, 2.45) is 5.92 Å². The van der Waals surface area contributed by atoms with Gasteiger partial charge in [-0.05, 0) is 67.5 Å². The molecular formula is C25H31Cl2FN4O2. The van der Waals surface area contributed by atoms with E-state index in [2.05, 4.69) is 9.88 Å². The molecule has 0 atom stereocenters. The molecule has 1 aliphatic rings. The van der Waals surface area contributed by atoms with E-state index in [0.29, 0.717) is 28.6 Å². The molecule has 0 N–H and O–H groups in total. The van der Waals surface area contributed by atoms with Crippen molar-refractivity contribution < 1.29 is 14.0 Å². The molecule has 2 aromatic rings. The molecule has 2 heterocycles. The maximum absolute atomic E-state index is 13.5. The molecule has 3 rings (SSSR count). The topological polar surface area (TPSA) is 56.8 Å². The Morgan fingerprint density at radius 2 is 1.82 bits per heavy atom. The van der Waals surface area contributed by atoms with Gasteiger partial charge in [-0.15, -0.1) is 0 Å². The van der Waals surface area contributed by atoms with Crippen molar-refractivity contribution in [2.45, 2.75) is 32.1 Å². The van der Waals surface area contributed by atoms with Gasteiger partial charge in [-0.1, -0.05) is 23.2 Å². The number of likely N-dealkylation sites (N-methyl/N-ethyl adjacent to an activating group) is 1. The first-order valence-corrected chi connectivity index (χ1v) is 12.2. The number of benzene rings is 1. The van der Waals surface area contributed by atoms with E-state index >= 15 is 0 Å². The first-order valence-electron chi connectivity index (χ1n) is 11.5. The Balaban J connectivity index is 1.42. The van der Waals surface area contributed by atoms with Crippen molar-refractivity contribution >= 4 is 40.8 Å². The van der Waals surface area contributed by atoms with Crippen LogP contribution in [0.2, 0.25) is 10.2 Å². The molecule has 1 aromatic carbocycles. The summed E-state index contributed by atoms with van der Waals surface area (Å²) in [6, 6.07) is 7.80. The average Bonchev–Trinajstić information content (AvgIpc) is 2.78. The first-order chi connectivity index (χ1) is 16.1. The summed E-state index contributed by atoms with van der Waals surface area (Å²) in [5.74, 6) is 0.745.